The Morgan fingerprint density at radius 2 is 1.94 bits per heavy atom. The van der Waals surface area contributed by atoms with Gasteiger partial charge in [0, 0.05) is 12.6 Å². The zero-order valence-electron chi connectivity index (χ0n) is 11.1. The van der Waals surface area contributed by atoms with Crippen LogP contribution in [0.4, 0.5) is 0 Å². The first-order chi connectivity index (χ1) is 8.72. The van der Waals surface area contributed by atoms with E-state index in [1.54, 1.807) is 0 Å². The minimum Gasteiger partial charge on any atom is -0.486 e. The summed E-state index contributed by atoms with van der Waals surface area (Å²) in [4.78, 5) is 2.17. The molecular formula is C14H21NO3. The van der Waals surface area contributed by atoms with E-state index in [1.165, 1.54) is 5.56 Å². The van der Waals surface area contributed by atoms with E-state index in [9.17, 15) is 0 Å². The number of aliphatic hydroxyl groups is 1. The van der Waals surface area contributed by atoms with Crippen LogP contribution in [0.5, 0.6) is 11.5 Å². The lowest BCUT2D eigenvalue weighted by molar-refractivity contribution is 0.170. The van der Waals surface area contributed by atoms with E-state index >= 15 is 0 Å². The maximum atomic E-state index is 8.97. The summed E-state index contributed by atoms with van der Waals surface area (Å²) in [6, 6.07) is 6.40. The zero-order valence-corrected chi connectivity index (χ0v) is 11.1. The minimum absolute atomic E-state index is 0.231. The number of fused-ring (bicyclic) bond motifs is 1. The van der Waals surface area contributed by atoms with Gasteiger partial charge in [0.25, 0.3) is 0 Å². The lowest BCUT2D eigenvalue weighted by Gasteiger charge is -2.26. The van der Waals surface area contributed by atoms with Crippen LogP contribution in [0.25, 0.3) is 0 Å². The van der Waals surface area contributed by atoms with E-state index in [0.717, 1.165) is 24.3 Å². The average Bonchev–Trinajstić information content (AvgIpc) is 2.38. The first-order valence-electron chi connectivity index (χ1n) is 6.39. The second kappa shape index (κ2) is 6.07. The second-order valence-electron chi connectivity index (χ2n) is 4.75. The number of benzene rings is 1. The van der Waals surface area contributed by atoms with Gasteiger partial charge in [-0.05, 0) is 44.6 Å². The molecule has 0 spiro atoms. The van der Waals surface area contributed by atoms with E-state index in [-0.39, 0.29) is 6.61 Å². The molecule has 1 aliphatic rings. The summed E-state index contributed by atoms with van der Waals surface area (Å²) in [5.41, 5.74) is 1.21. The van der Waals surface area contributed by atoms with Crippen LogP contribution in [0.15, 0.2) is 18.2 Å². The van der Waals surface area contributed by atoms with Crippen molar-refractivity contribution in [2.24, 2.45) is 0 Å². The van der Waals surface area contributed by atoms with Gasteiger partial charge in [-0.2, -0.15) is 0 Å². The van der Waals surface area contributed by atoms with Crippen LogP contribution >= 0.6 is 0 Å². The Morgan fingerprint density at radius 3 is 2.61 bits per heavy atom. The predicted molar refractivity (Wildman–Crippen MR) is 70.2 cm³/mol. The first kappa shape index (κ1) is 13.2. The number of hydrogen-bond donors (Lipinski definition) is 1. The van der Waals surface area contributed by atoms with Gasteiger partial charge < -0.3 is 19.5 Å². The fourth-order valence-electron chi connectivity index (χ4n) is 2.27. The Bertz CT molecular complexity index is 393. The largest absolute Gasteiger partial charge is 0.486 e. The van der Waals surface area contributed by atoms with E-state index in [0.29, 0.717) is 19.3 Å². The van der Waals surface area contributed by atoms with Gasteiger partial charge in [0.1, 0.15) is 13.2 Å². The van der Waals surface area contributed by atoms with Crippen molar-refractivity contribution in [2.45, 2.75) is 18.9 Å². The maximum Gasteiger partial charge on any atom is 0.161 e. The van der Waals surface area contributed by atoms with E-state index in [2.05, 4.69) is 31.1 Å². The van der Waals surface area contributed by atoms with Gasteiger partial charge in [-0.3, -0.25) is 0 Å². The maximum absolute atomic E-state index is 8.97. The molecule has 1 aliphatic heterocycles. The van der Waals surface area contributed by atoms with Gasteiger partial charge >= 0.3 is 0 Å². The molecule has 1 aromatic carbocycles. The Balaban J connectivity index is 2.19. The molecule has 4 nitrogen and oxygen atoms in total. The van der Waals surface area contributed by atoms with Crippen molar-refractivity contribution in [2.75, 3.05) is 33.9 Å². The Morgan fingerprint density at radius 1 is 1.22 bits per heavy atom. The van der Waals surface area contributed by atoms with Crippen molar-refractivity contribution in [3.05, 3.63) is 23.8 Å². The lowest BCUT2D eigenvalue weighted by atomic mass is 10.0. The van der Waals surface area contributed by atoms with Crippen LogP contribution in [0.1, 0.15) is 24.4 Å². The third-order valence-corrected chi connectivity index (χ3v) is 3.21. The van der Waals surface area contributed by atoms with Gasteiger partial charge in [-0.25, -0.2) is 0 Å². The molecule has 0 bridgehead atoms. The summed E-state index contributed by atoms with van der Waals surface area (Å²) in [5.74, 6) is 1.65. The molecule has 0 amide bonds. The molecule has 1 heterocycles. The van der Waals surface area contributed by atoms with E-state index in [1.807, 2.05) is 6.07 Å². The van der Waals surface area contributed by atoms with Crippen molar-refractivity contribution >= 4 is 0 Å². The third kappa shape index (κ3) is 2.94. The molecule has 0 saturated heterocycles. The van der Waals surface area contributed by atoms with Gasteiger partial charge in [0.2, 0.25) is 0 Å². The zero-order chi connectivity index (χ0) is 13.0. The predicted octanol–water partition coefficient (Wildman–Crippen LogP) is 1.83. The highest BCUT2D eigenvalue weighted by Crippen LogP contribution is 2.34. The molecule has 100 valence electrons. The summed E-state index contributed by atoms with van der Waals surface area (Å²) < 4.78 is 11.1. The van der Waals surface area contributed by atoms with E-state index in [4.69, 9.17) is 14.6 Å². The molecule has 4 heteroatoms. The second-order valence-corrected chi connectivity index (χ2v) is 4.75. The van der Waals surface area contributed by atoms with Crippen LogP contribution in [-0.4, -0.2) is 43.9 Å². The van der Waals surface area contributed by atoms with Crippen LogP contribution in [-0.2, 0) is 0 Å². The van der Waals surface area contributed by atoms with Crippen LogP contribution in [0.2, 0.25) is 0 Å². The number of hydrogen-bond acceptors (Lipinski definition) is 4. The molecular weight excluding hydrogens is 230 g/mol. The van der Waals surface area contributed by atoms with Gasteiger partial charge in [-0.15, -0.1) is 0 Å². The molecule has 0 saturated carbocycles. The first-order valence-corrected chi connectivity index (χ1v) is 6.39. The molecule has 18 heavy (non-hydrogen) atoms. The monoisotopic (exact) mass is 251 g/mol. The number of aliphatic hydroxyl groups excluding tert-OH is 1. The minimum atomic E-state index is 0.231. The number of nitrogens with zero attached hydrogens (tertiary/aromatic N) is 1. The molecule has 0 radical (unpaired) electrons. The lowest BCUT2D eigenvalue weighted by Crippen LogP contribution is -2.21. The molecule has 2 rings (SSSR count). The highest BCUT2D eigenvalue weighted by atomic mass is 16.6. The van der Waals surface area contributed by atoms with Crippen molar-refractivity contribution in [1.82, 2.24) is 4.90 Å². The smallest absolute Gasteiger partial charge is 0.161 e. The fourth-order valence-corrected chi connectivity index (χ4v) is 2.27. The molecule has 1 aromatic rings. The number of rotatable bonds is 5. The van der Waals surface area contributed by atoms with Gasteiger partial charge in [-0.1, -0.05) is 6.07 Å². The van der Waals surface area contributed by atoms with Crippen molar-refractivity contribution < 1.29 is 14.6 Å². The van der Waals surface area contributed by atoms with Gasteiger partial charge in [0.05, 0.1) is 0 Å². The molecule has 1 atom stereocenters. The Kier molecular flexibility index (Phi) is 4.44. The standard InChI is InChI=1S/C14H21NO3/c1-15(2)12(4-3-7-16)11-5-6-13-14(10-11)18-9-8-17-13/h5-6,10,12,16H,3-4,7-9H2,1-2H3. The Hall–Kier alpha value is -1.26. The molecule has 1 unspecified atom stereocenters. The summed E-state index contributed by atoms with van der Waals surface area (Å²) in [7, 11) is 4.11. The van der Waals surface area contributed by atoms with Crippen LogP contribution in [0.3, 0.4) is 0 Å². The normalized spacial score (nSPS) is 15.8. The number of ether oxygens (including phenoxy) is 2. The van der Waals surface area contributed by atoms with Crippen molar-refractivity contribution in [3.63, 3.8) is 0 Å². The summed E-state index contributed by atoms with van der Waals surface area (Å²) >= 11 is 0. The van der Waals surface area contributed by atoms with Crippen LogP contribution in [0, 0.1) is 0 Å². The molecule has 0 fully saturated rings. The van der Waals surface area contributed by atoms with Crippen molar-refractivity contribution in [3.8, 4) is 11.5 Å². The SMILES string of the molecule is CN(C)C(CCCO)c1ccc2c(c1)OCCO2. The van der Waals surface area contributed by atoms with Crippen molar-refractivity contribution in [1.29, 1.82) is 0 Å². The van der Waals surface area contributed by atoms with Crippen LogP contribution < -0.4 is 9.47 Å². The highest BCUT2D eigenvalue weighted by molar-refractivity contribution is 5.44. The highest BCUT2D eigenvalue weighted by Gasteiger charge is 2.18. The summed E-state index contributed by atoms with van der Waals surface area (Å²) in [6.45, 7) is 1.46. The van der Waals surface area contributed by atoms with Gasteiger partial charge in [0.15, 0.2) is 11.5 Å². The molecule has 0 aromatic heterocycles. The fraction of sp³-hybridized carbons (Fsp3) is 0.571. The topological polar surface area (TPSA) is 41.9 Å². The Labute approximate surface area is 108 Å². The summed E-state index contributed by atoms with van der Waals surface area (Å²) in [6.07, 6.45) is 1.74. The molecule has 1 N–H and O–H groups in total. The third-order valence-electron chi connectivity index (χ3n) is 3.21. The van der Waals surface area contributed by atoms with E-state index < -0.39 is 0 Å². The summed E-state index contributed by atoms with van der Waals surface area (Å²) in [5, 5.41) is 8.97. The molecule has 0 aliphatic carbocycles. The average molecular weight is 251 g/mol. The quantitative estimate of drug-likeness (QED) is 0.867.